The summed E-state index contributed by atoms with van der Waals surface area (Å²) in [5.41, 5.74) is 1.98. The third-order valence-corrected chi connectivity index (χ3v) is 3.40. The molecular weight excluding hydrogens is 238 g/mol. The van der Waals surface area contributed by atoms with Gasteiger partial charge in [0, 0.05) is 19.2 Å². The van der Waals surface area contributed by atoms with Crippen LogP contribution in [0.1, 0.15) is 5.56 Å². The highest BCUT2D eigenvalue weighted by Crippen LogP contribution is 2.29. The van der Waals surface area contributed by atoms with Crippen molar-refractivity contribution in [3.63, 3.8) is 0 Å². The molecule has 3 heteroatoms. The molecule has 0 aliphatic carbocycles. The van der Waals surface area contributed by atoms with Gasteiger partial charge in [-0.3, -0.25) is 4.79 Å². The molecule has 0 radical (unpaired) electrons. The number of nitrogens with zero attached hydrogens (tertiary/aromatic N) is 1. The number of ether oxygens (including phenoxy) is 1. The Balaban J connectivity index is 1.77. The third kappa shape index (κ3) is 2.19. The van der Waals surface area contributed by atoms with Crippen LogP contribution in [0.15, 0.2) is 54.6 Å². The molecule has 0 unspecified atom stereocenters. The minimum Gasteiger partial charge on any atom is -0.480 e. The van der Waals surface area contributed by atoms with Crippen LogP contribution >= 0.6 is 0 Å². The fourth-order valence-electron chi connectivity index (χ4n) is 2.31. The summed E-state index contributed by atoms with van der Waals surface area (Å²) < 4.78 is 5.72. The van der Waals surface area contributed by atoms with Crippen molar-refractivity contribution in [1.82, 2.24) is 0 Å². The second-order valence-corrected chi connectivity index (χ2v) is 4.65. The number of hydrogen-bond donors (Lipinski definition) is 0. The molecule has 1 aliphatic rings. The van der Waals surface area contributed by atoms with Crippen LogP contribution in [-0.4, -0.2) is 19.1 Å². The minimum atomic E-state index is -0.414. The van der Waals surface area contributed by atoms with Crippen molar-refractivity contribution in [3.05, 3.63) is 60.2 Å². The van der Waals surface area contributed by atoms with Crippen molar-refractivity contribution >= 4 is 11.6 Å². The highest BCUT2D eigenvalue weighted by molar-refractivity contribution is 5.96. The average molecular weight is 253 g/mol. The molecule has 0 saturated heterocycles. The summed E-state index contributed by atoms with van der Waals surface area (Å²) in [4.78, 5) is 14.1. The van der Waals surface area contributed by atoms with Crippen LogP contribution in [0.2, 0.25) is 0 Å². The first-order valence-electron chi connectivity index (χ1n) is 6.33. The van der Waals surface area contributed by atoms with Crippen LogP contribution < -0.4 is 9.64 Å². The molecule has 0 spiro atoms. The van der Waals surface area contributed by atoms with Gasteiger partial charge in [0.05, 0.1) is 0 Å². The number of para-hydroxylation sites is 2. The first-order valence-corrected chi connectivity index (χ1v) is 6.33. The monoisotopic (exact) mass is 253 g/mol. The van der Waals surface area contributed by atoms with Crippen LogP contribution in [0.5, 0.6) is 5.75 Å². The largest absolute Gasteiger partial charge is 0.480 e. The molecule has 0 bridgehead atoms. The van der Waals surface area contributed by atoms with E-state index in [1.807, 2.05) is 54.6 Å². The number of carbonyl (C=O) groups is 1. The molecule has 2 aromatic rings. The lowest BCUT2D eigenvalue weighted by Gasteiger charge is -2.20. The number of hydrogen-bond acceptors (Lipinski definition) is 2. The zero-order chi connectivity index (χ0) is 13.2. The van der Waals surface area contributed by atoms with Crippen LogP contribution in [0, 0.1) is 0 Å². The third-order valence-electron chi connectivity index (χ3n) is 3.40. The van der Waals surface area contributed by atoms with Gasteiger partial charge in [0.15, 0.2) is 6.10 Å². The SMILES string of the molecule is CN(C(=O)[C@H]1Cc2ccccc2O1)c1ccccc1. The fourth-order valence-corrected chi connectivity index (χ4v) is 2.31. The van der Waals surface area contributed by atoms with Crippen molar-refractivity contribution < 1.29 is 9.53 Å². The maximum atomic E-state index is 12.4. The summed E-state index contributed by atoms with van der Waals surface area (Å²) in [6.07, 6.45) is 0.231. The first kappa shape index (κ1) is 11.8. The lowest BCUT2D eigenvalue weighted by Crippen LogP contribution is -2.39. The standard InChI is InChI=1S/C16H15NO2/c1-17(13-8-3-2-4-9-13)16(18)15-11-12-7-5-6-10-14(12)19-15/h2-10,15H,11H2,1H3/t15-/m1/s1. The van der Waals surface area contributed by atoms with Gasteiger partial charge < -0.3 is 9.64 Å². The van der Waals surface area contributed by atoms with Crippen LogP contribution in [0.4, 0.5) is 5.69 Å². The first-order chi connectivity index (χ1) is 9.25. The van der Waals surface area contributed by atoms with E-state index >= 15 is 0 Å². The Bertz CT molecular complexity index is 570. The molecule has 2 aromatic carbocycles. The molecule has 0 N–H and O–H groups in total. The second-order valence-electron chi connectivity index (χ2n) is 4.65. The van der Waals surface area contributed by atoms with Crippen LogP contribution in [-0.2, 0) is 11.2 Å². The molecule has 1 heterocycles. The number of fused-ring (bicyclic) bond motifs is 1. The van der Waals surface area contributed by atoms with E-state index in [1.165, 1.54) is 0 Å². The summed E-state index contributed by atoms with van der Waals surface area (Å²) in [6, 6.07) is 17.4. The second kappa shape index (κ2) is 4.76. The number of anilines is 1. The smallest absolute Gasteiger partial charge is 0.268 e. The molecule has 0 saturated carbocycles. The van der Waals surface area contributed by atoms with Gasteiger partial charge in [0.25, 0.3) is 5.91 Å². The van der Waals surface area contributed by atoms with E-state index in [-0.39, 0.29) is 5.91 Å². The number of carbonyl (C=O) groups excluding carboxylic acids is 1. The Morgan fingerprint density at radius 1 is 1.11 bits per heavy atom. The summed E-state index contributed by atoms with van der Waals surface area (Å²) in [7, 11) is 1.78. The quantitative estimate of drug-likeness (QED) is 0.823. The summed E-state index contributed by atoms with van der Waals surface area (Å²) in [5, 5.41) is 0. The Kier molecular flexibility index (Phi) is 2.95. The van der Waals surface area contributed by atoms with Gasteiger partial charge >= 0.3 is 0 Å². The summed E-state index contributed by atoms with van der Waals surface area (Å²) >= 11 is 0. The van der Waals surface area contributed by atoms with E-state index in [2.05, 4.69) is 0 Å². The number of rotatable bonds is 2. The van der Waals surface area contributed by atoms with Crippen molar-refractivity contribution in [2.75, 3.05) is 11.9 Å². The van der Waals surface area contributed by atoms with E-state index in [4.69, 9.17) is 4.74 Å². The Labute approximate surface area is 112 Å². The molecule has 1 amide bonds. The number of amides is 1. The zero-order valence-electron chi connectivity index (χ0n) is 10.7. The highest BCUT2D eigenvalue weighted by atomic mass is 16.5. The predicted molar refractivity (Wildman–Crippen MR) is 74.4 cm³/mol. The van der Waals surface area contributed by atoms with Gasteiger partial charge in [-0.05, 0) is 23.8 Å². The summed E-state index contributed by atoms with van der Waals surface area (Å²) in [5.74, 6) is 0.810. The molecule has 0 fully saturated rings. The Hall–Kier alpha value is -2.29. The van der Waals surface area contributed by atoms with Crippen molar-refractivity contribution in [3.8, 4) is 5.75 Å². The van der Waals surface area contributed by atoms with Crippen molar-refractivity contribution in [2.45, 2.75) is 12.5 Å². The van der Waals surface area contributed by atoms with Gasteiger partial charge in [0.1, 0.15) is 5.75 Å². The van der Waals surface area contributed by atoms with Crippen molar-refractivity contribution in [1.29, 1.82) is 0 Å². The Morgan fingerprint density at radius 2 is 1.79 bits per heavy atom. The highest BCUT2D eigenvalue weighted by Gasteiger charge is 2.31. The topological polar surface area (TPSA) is 29.5 Å². The van der Waals surface area contributed by atoms with Gasteiger partial charge in [-0.25, -0.2) is 0 Å². The van der Waals surface area contributed by atoms with E-state index in [1.54, 1.807) is 11.9 Å². The lowest BCUT2D eigenvalue weighted by atomic mass is 10.1. The number of likely N-dealkylation sites (N-methyl/N-ethyl adjacent to an activating group) is 1. The minimum absolute atomic E-state index is 0.0117. The normalized spacial score (nSPS) is 16.6. The van der Waals surface area contributed by atoms with Gasteiger partial charge in [-0.15, -0.1) is 0 Å². The maximum Gasteiger partial charge on any atom is 0.268 e. The van der Waals surface area contributed by atoms with Crippen molar-refractivity contribution in [2.24, 2.45) is 0 Å². The average Bonchev–Trinajstić information content (AvgIpc) is 2.90. The molecule has 3 nitrogen and oxygen atoms in total. The van der Waals surface area contributed by atoms with Gasteiger partial charge in [0.2, 0.25) is 0 Å². The summed E-state index contributed by atoms with van der Waals surface area (Å²) in [6.45, 7) is 0. The Morgan fingerprint density at radius 3 is 2.53 bits per heavy atom. The maximum absolute atomic E-state index is 12.4. The van der Waals surface area contributed by atoms with E-state index in [0.717, 1.165) is 17.0 Å². The fraction of sp³-hybridized carbons (Fsp3) is 0.188. The molecule has 1 aliphatic heterocycles. The predicted octanol–water partition coefficient (Wildman–Crippen LogP) is 2.65. The van der Waals surface area contributed by atoms with Crippen LogP contribution in [0.25, 0.3) is 0 Å². The zero-order valence-corrected chi connectivity index (χ0v) is 10.7. The number of benzene rings is 2. The molecular formula is C16H15NO2. The molecule has 1 atom stereocenters. The lowest BCUT2D eigenvalue weighted by molar-refractivity contribution is -0.124. The van der Waals surface area contributed by atoms with E-state index in [0.29, 0.717) is 6.42 Å². The van der Waals surface area contributed by atoms with Gasteiger partial charge in [-0.2, -0.15) is 0 Å². The molecule has 0 aromatic heterocycles. The molecule has 96 valence electrons. The van der Waals surface area contributed by atoms with E-state index in [9.17, 15) is 4.79 Å². The van der Waals surface area contributed by atoms with E-state index < -0.39 is 6.10 Å². The van der Waals surface area contributed by atoms with Crippen LogP contribution in [0.3, 0.4) is 0 Å². The molecule has 19 heavy (non-hydrogen) atoms. The molecule has 3 rings (SSSR count). The van der Waals surface area contributed by atoms with Gasteiger partial charge in [-0.1, -0.05) is 36.4 Å².